The van der Waals surface area contributed by atoms with Gasteiger partial charge >= 0.3 is 0 Å². The maximum Gasteiger partial charge on any atom is 0.0616 e. The van der Waals surface area contributed by atoms with Crippen LogP contribution in [0.2, 0.25) is 0 Å². The molecule has 2 atom stereocenters. The molecule has 20 heavy (non-hydrogen) atoms. The summed E-state index contributed by atoms with van der Waals surface area (Å²) in [5.41, 5.74) is 0.0212. The lowest BCUT2D eigenvalue weighted by Gasteiger charge is -2.37. The first kappa shape index (κ1) is 16.3. The highest BCUT2D eigenvalue weighted by Gasteiger charge is 2.41. The first-order valence-corrected chi connectivity index (χ1v) is 8.74. The molecule has 2 N–H and O–H groups in total. The molecule has 2 unspecified atom stereocenters. The summed E-state index contributed by atoms with van der Waals surface area (Å²) in [6, 6.07) is 0. The van der Waals surface area contributed by atoms with Gasteiger partial charge in [0.1, 0.15) is 0 Å². The van der Waals surface area contributed by atoms with Crippen LogP contribution in [0.5, 0.6) is 0 Å². The van der Waals surface area contributed by atoms with Crippen LogP contribution in [0.1, 0.15) is 58.3 Å². The average Bonchev–Trinajstić information content (AvgIpc) is 2.82. The Bertz CT molecular complexity index is 280. The Balaban J connectivity index is 1.76. The molecule has 0 aromatic heterocycles. The van der Waals surface area contributed by atoms with Gasteiger partial charge in [0.15, 0.2) is 0 Å². The highest BCUT2D eigenvalue weighted by molar-refractivity contribution is 4.99. The topological polar surface area (TPSA) is 35.5 Å². The van der Waals surface area contributed by atoms with Crippen molar-refractivity contribution >= 4 is 0 Å². The molecule has 0 bridgehead atoms. The molecule has 0 aromatic rings. The fourth-order valence-electron chi connectivity index (χ4n) is 4.02. The second kappa shape index (κ2) is 7.77. The Morgan fingerprint density at radius 3 is 2.65 bits per heavy atom. The zero-order chi connectivity index (χ0) is 14.4. The van der Waals surface area contributed by atoms with Crippen molar-refractivity contribution in [1.82, 2.24) is 10.2 Å². The summed E-state index contributed by atoms with van der Waals surface area (Å²) in [5, 5.41) is 13.6. The zero-order valence-corrected chi connectivity index (χ0v) is 13.5. The molecule has 3 heteroatoms. The molecule has 2 aliphatic rings. The quantitative estimate of drug-likeness (QED) is 0.682. The Kier molecular flexibility index (Phi) is 6.31. The van der Waals surface area contributed by atoms with Gasteiger partial charge in [0.25, 0.3) is 0 Å². The van der Waals surface area contributed by atoms with E-state index in [2.05, 4.69) is 24.2 Å². The summed E-state index contributed by atoms with van der Waals surface area (Å²) in [6.07, 6.45) is 10.4. The van der Waals surface area contributed by atoms with Crippen molar-refractivity contribution in [3.8, 4) is 0 Å². The van der Waals surface area contributed by atoms with Crippen molar-refractivity contribution in [2.75, 3.05) is 33.3 Å². The summed E-state index contributed by atoms with van der Waals surface area (Å²) in [6.45, 7) is 6.02. The maximum absolute atomic E-state index is 9.90. The van der Waals surface area contributed by atoms with Gasteiger partial charge in [-0.2, -0.15) is 0 Å². The fourth-order valence-corrected chi connectivity index (χ4v) is 4.02. The molecule has 0 saturated heterocycles. The second-order valence-electron chi connectivity index (χ2n) is 7.18. The third-order valence-electron chi connectivity index (χ3n) is 5.62. The lowest BCUT2D eigenvalue weighted by molar-refractivity contribution is 0.109. The monoisotopic (exact) mass is 282 g/mol. The highest BCUT2D eigenvalue weighted by atomic mass is 16.3. The van der Waals surface area contributed by atoms with Gasteiger partial charge in [-0.25, -0.2) is 0 Å². The van der Waals surface area contributed by atoms with E-state index in [0.717, 1.165) is 25.3 Å². The molecule has 0 aromatic carbocycles. The van der Waals surface area contributed by atoms with E-state index in [9.17, 15) is 5.11 Å². The van der Waals surface area contributed by atoms with Gasteiger partial charge < -0.3 is 15.3 Å². The van der Waals surface area contributed by atoms with E-state index in [4.69, 9.17) is 0 Å². The molecule has 3 nitrogen and oxygen atoms in total. The van der Waals surface area contributed by atoms with Crippen molar-refractivity contribution in [3.63, 3.8) is 0 Å². The Morgan fingerprint density at radius 2 is 2.05 bits per heavy atom. The molecule has 0 amide bonds. The fraction of sp³-hybridized carbons (Fsp3) is 1.00. The number of rotatable bonds is 9. The van der Waals surface area contributed by atoms with E-state index in [0.29, 0.717) is 12.5 Å². The molecule has 0 radical (unpaired) electrons. The SMILES string of the molecule is CCCNC1(CO)CCCC1CCN(C)CC1CCC1. The minimum absolute atomic E-state index is 0.0212. The summed E-state index contributed by atoms with van der Waals surface area (Å²) in [5.74, 6) is 1.62. The van der Waals surface area contributed by atoms with E-state index in [1.807, 2.05) is 0 Å². The standard InChI is InChI=1S/C17H34N2O/c1-3-11-18-17(14-20)10-5-8-16(17)9-12-19(2)13-15-6-4-7-15/h15-16,18,20H,3-14H2,1-2H3. The largest absolute Gasteiger partial charge is 0.394 e. The van der Waals surface area contributed by atoms with E-state index >= 15 is 0 Å². The van der Waals surface area contributed by atoms with E-state index in [1.165, 1.54) is 51.6 Å². The van der Waals surface area contributed by atoms with Gasteiger partial charge in [0.2, 0.25) is 0 Å². The number of nitrogens with one attached hydrogen (secondary N) is 1. The molecule has 118 valence electrons. The van der Waals surface area contributed by atoms with Crippen LogP contribution in [0.25, 0.3) is 0 Å². The predicted molar refractivity (Wildman–Crippen MR) is 84.9 cm³/mol. The van der Waals surface area contributed by atoms with Crippen molar-refractivity contribution < 1.29 is 5.11 Å². The van der Waals surface area contributed by atoms with E-state index < -0.39 is 0 Å². The lowest BCUT2D eigenvalue weighted by atomic mass is 9.84. The minimum atomic E-state index is 0.0212. The van der Waals surface area contributed by atoms with E-state index in [-0.39, 0.29) is 5.54 Å². The van der Waals surface area contributed by atoms with Crippen molar-refractivity contribution in [2.45, 2.75) is 63.8 Å². The third-order valence-corrected chi connectivity index (χ3v) is 5.62. The van der Waals surface area contributed by atoms with Crippen LogP contribution in [-0.4, -0.2) is 48.8 Å². The Labute approximate surface area is 125 Å². The van der Waals surface area contributed by atoms with Crippen LogP contribution in [0.3, 0.4) is 0 Å². The van der Waals surface area contributed by atoms with Crippen LogP contribution in [-0.2, 0) is 0 Å². The van der Waals surface area contributed by atoms with Crippen LogP contribution in [0.4, 0.5) is 0 Å². The molecule has 2 saturated carbocycles. The highest BCUT2D eigenvalue weighted by Crippen LogP contribution is 2.38. The Morgan fingerprint density at radius 1 is 1.25 bits per heavy atom. The molecule has 2 rings (SSSR count). The normalized spacial score (nSPS) is 30.9. The molecular formula is C17H34N2O. The number of hydrogen-bond acceptors (Lipinski definition) is 3. The first-order valence-electron chi connectivity index (χ1n) is 8.74. The maximum atomic E-state index is 9.90. The smallest absolute Gasteiger partial charge is 0.0616 e. The molecule has 2 fully saturated rings. The van der Waals surface area contributed by atoms with Crippen LogP contribution in [0.15, 0.2) is 0 Å². The number of hydrogen-bond donors (Lipinski definition) is 2. The second-order valence-corrected chi connectivity index (χ2v) is 7.18. The lowest BCUT2D eigenvalue weighted by Crippen LogP contribution is -2.52. The van der Waals surface area contributed by atoms with Crippen LogP contribution < -0.4 is 5.32 Å². The number of nitrogens with zero attached hydrogens (tertiary/aromatic N) is 1. The molecular weight excluding hydrogens is 248 g/mol. The van der Waals surface area contributed by atoms with Gasteiger partial charge in [-0.15, -0.1) is 0 Å². The number of aliphatic hydroxyl groups excluding tert-OH is 1. The van der Waals surface area contributed by atoms with Crippen LogP contribution >= 0.6 is 0 Å². The van der Waals surface area contributed by atoms with Crippen LogP contribution in [0, 0.1) is 11.8 Å². The summed E-state index contributed by atoms with van der Waals surface area (Å²) in [4.78, 5) is 2.52. The first-order chi connectivity index (χ1) is 9.70. The Hall–Kier alpha value is -0.120. The molecule has 0 spiro atoms. The zero-order valence-electron chi connectivity index (χ0n) is 13.5. The summed E-state index contributed by atoms with van der Waals surface area (Å²) < 4.78 is 0. The molecule has 2 aliphatic carbocycles. The van der Waals surface area contributed by atoms with Crippen molar-refractivity contribution in [2.24, 2.45) is 11.8 Å². The third kappa shape index (κ3) is 3.96. The van der Waals surface area contributed by atoms with E-state index in [1.54, 1.807) is 0 Å². The van der Waals surface area contributed by atoms with Gasteiger partial charge in [-0.05, 0) is 70.5 Å². The molecule has 0 heterocycles. The average molecular weight is 282 g/mol. The minimum Gasteiger partial charge on any atom is -0.394 e. The van der Waals surface area contributed by atoms with Gasteiger partial charge in [0, 0.05) is 12.1 Å². The van der Waals surface area contributed by atoms with Gasteiger partial charge in [-0.3, -0.25) is 0 Å². The summed E-state index contributed by atoms with van der Waals surface area (Å²) in [7, 11) is 2.27. The van der Waals surface area contributed by atoms with Gasteiger partial charge in [-0.1, -0.05) is 19.8 Å². The van der Waals surface area contributed by atoms with Crippen molar-refractivity contribution in [1.29, 1.82) is 0 Å². The molecule has 0 aliphatic heterocycles. The predicted octanol–water partition coefficient (Wildman–Crippen LogP) is 2.64. The number of aliphatic hydroxyl groups is 1. The summed E-state index contributed by atoms with van der Waals surface area (Å²) >= 11 is 0. The van der Waals surface area contributed by atoms with Gasteiger partial charge in [0.05, 0.1) is 6.61 Å². The van der Waals surface area contributed by atoms with Crippen molar-refractivity contribution in [3.05, 3.63) is 0 Å².